The number of alkyl halides is 1. The van der Waals surface area contributed by atoms with E-state index in [-0.39, 0.29) is 5.82 Å². The number of nitrogens with zero attached hydrogens (tertiary/aromatic N) is 1. The second-order valence-corrected chi connectivity index (χ2v) is 5.36. The third-order valence-corrected chi connectivity index (χ3v) is 3.50. The number of ether oxygens (including phenoxy) is 1. The molecule has 1 aromatic rings. The van der Waals surface area contributed by atoms with Crippen molar-refractivity contribution in [2.75, 3.05) is 19.0 Å². The van der Waals surface area contributed by atoms with Crippen molar-refractivity contribution in [2.45, 2.75) is 32.9 Å². The summed E-state index contributed by atoms with van der Waals surface area (Å²) in [6, 6.07) is 5.46. The summed E-state index contributed by atoms with van der Waals surface area (Å²) in [7, 11) is 1.55. The quantitative estimate of drug-likeness (QED) is 0.709. The molecule has 0 aliphatic heterocycles. The lowest BCUT2D eigenvalue weighted by Crippen LogP contribution is -2.31. The van der Waals surface area contributed by atoms with Crippen molar-refractivity contribution in [3.63, 3.8) is 0 Å². The number of rotatable bonds is 7. The van der Waals surface area contributed by atoms with E-state index in [9.17, 15) is 4.39 Å². The molecule has 0 bridgehead atoms. The fourth-order valence-electron chi connectivity index (χ4n) is 1.78. The number of benzene rings is 1. The molecule has 102 valence electrons. The van der Waals surface area contributed by atoms with Gasteiger partial charge in [0.2, 0.25) is 0 Å². The molecule has 0 saturated carbocycles. The fraction of sp³-hybridized carbons (Fsp3) is 0.571. The normalized spacial score (nSPS) is 11.3. The minimum atomic E-state index is -0.196. The van der Waals surface area contributed by atoms with Crippen LogP contribution in [0.2, 0.25) is 0 Å². The molecule has 0 radical (unpaired) electrons. The van der Waals surface area contributed by atoms with Gasteiger partial charge in [0.05, 0.1) is 7.11 Å². The second-order valence-electron chi connectivity index (χ2n) is 4.56. The average Bonchev–Trinajstić information content (AvgIpc) is 2.35. The highest BCUT2D eigenvalue weighted by molar-refractivity contribution is 9.09. The molecule has 1 rings (SSSR count). The Morgan fingerprint density at radius 2 is 2.11 bits per heavy atom. The van der Waals surface area contributed by atoms with Gasteiger partial charge in [0.15, 0.2) is 0 Å². The summed E-state index contributed by atoms with van der Waals surface area (Å²) < 4.78 is 18.9. The van der Waals surface area contributed by atoms with Gasteiger partial charge in [-0.3, -0.25) is 4.90 Å². The van der Waals surface area contributed by atoms with Gasteiger partial charge in [-0.1, -0.05) is 22.0 Å². The lowest BCUT2D eigenvalue weighted by atomic mass is 10.1. The first kappa shape index (κ1) is 15.4. The lowest BCUT2D eigenvalue weighted by molar-refractivity contribution is 0.211. The molecule has 0 aromatic heterocycles. The van der Waals surface area contributed by atoms with Crippen molar-refractivity contribution in [3.05, 3.63) is 29.6 Å². The van der Waals surface area contributed by atoms with Crippen molar-refractivity contribution < 1.29 is 9.13 Å². The highest BCUT2D eigenvalue weighted by atomic mass is 79.9. The maximum Gasteiger partial charge on any atom is 0.131 e. The van der Waals surface area contributed by atoms with Crippen LogP contribution in [-0.2, 0) is 6.54 Å². The summed E-state index contributed by atoms with van der Waals surface area (Å²) in [6.45, 7) is 5.88. The van der Waals surface area contributed by atoms with E-state index in [1.807, 2.05) is 0 Å². The zero-order chi connectivity index (χ0) is 13.5. The zero-order valence-electron chi connectivity index (χ0n) is 11.2. The molecule has 18 heavy (non-hydrogen) atoms. The van der Waals surface area contributed by atoms with Gasteiger partial charge in [-0.25, -0.2) is 4.39 Å². The van der Waals surface area contributed by atoms with E-state index in [4.69, 9.17) is 4.74 Å². The summed E-state index contributed by atoms with van der Waals surface area (Å²) in [5, 5.41) is 0.974. The second kappa shape index (κ2) is 7.74. The maximum absolute atomic E-state index is 13.9. The van der Waals surface area contributed by atoms with Crippen molar-refractivity contribution in [1.29, 1.82) is 0 Å². The first-order chi connectivity index (χ1) is 8.58. The third-order valence-electron chi connectivity index (χ3n) is 2.94. The molecule has 0 heterocycles. The summed E-state index contributed by atoms with van der Waals surface area (Å²) in [4.78, 5) is 2.27. The van der Waals surface area contributed by atoms with Crippen LogP contribution in [0.25, 0.3) is 0 Å². The minimum Gasteiger partial charge on any atom is -0.497 e. The van der Waals surface area contributed by atoms with Crippen LogP contribution >= 0.6 is 15.9 Å². The summed E-state index contributed by atoms with van der Waals surface area (Å²) >= 11 is 3.43. The molecule has 1 aromatic carbocycles. The van der Waals surface area contributed by atoms with E-state index in [0.717, 1.165) is 23.9 Å². The van der Waals surface area contributed by atoms with Gasteiger partial charge >= 0.3 is 0 Å². The van der Waals surface area contributed by atoms with E-state index >= 15 is 0 Å². The smallest absolute Gasteiger partial charge is 0.131 e. The van der Waals surface area contributed by atoms with Crippen LogP contribution < -0.4 is 4.74 Å². The predicted octanol–water partition coefficient (Wildman–Crippen LogP) is 3.83. The SMILES string of the molecule is COc1ccc(CN(CCCBr)C(C)C)c(F)c1. The van der Waals surface area contributed by atoms with Crippen LogP contribution in [0, 0.1) is 5.82 Å². The van der Waals surface area contributed by atoms with Crippen molar-refractivity contribution in [2.24, 2.45) is 0 Å². The maximum atomic E-state index is 13.9. The molecular weight excluding hydrogens is 297 g/mol. The van der Waals surface area contributed by atoms with Gasteiger partial charge < -0.3 is 4.74 Å². The average molecular weight is 318 g/mol. The zero-order valence-corrected chi connectivity index (χ0v) is 12.8. The Bertz CT molecular complexity index is 371. The van der Waals surface area contributed by atoms with Gasteiger partial charge in [0, 0.05) is 29.5 Å². The van der Waals surface area contributed by atoms with Crippen LogP contribution in [-0.4, -0.2) is 29.9 Å². The highest BCUT2D eigenvalue weighted by Gasteiger charge is 2.12. The topological polar surface area (TPSA) is 12.5 Å². The number of hydrogen-bond acceptors (Lipinski definition) is 2. The number of halogens is 2. The number of hydrogen-bond donors (Lipinski definition) is 0. The first-order valence-corrected chi connectivity index (χ1v) is 7.33. The van der Waals surface area contributed by atoms with Gasteiger partial charge in [-0.15, -0.1) is 0 Å². The Balaban J connectivity index is 2.74. The first-order valence-electron chi connectivity index (χ1n) is 6.21. The van der Waals surface area contributed by atoms with Crippen molar-refractivity contribution in [1.82, 2.24) is 4.90 Å². The van der Waals surface area contributed by atoms with Gasteiger partial charge in [-0.05, 0) is 32.9 Å². The molecule has 2 nitrogen and oxygen atoms in total. The minimum absolute atomic E-state index is 0.196. The van der Waals surface area contributed by atoms with E-state index in [0.29, 0.717) is 18.3 Å². The fourth-order valence-corrected chi connectivity index (χ4v) is 2.04. The Hall–Kier alpha value is -0.610. The van der Waals surface area contributed by atoms with Crippen LogP contribution in [0.5, 0.6) is 5.75 Å². The monoisotopic (exact) mass is 317 g/mol. The highest BCUT2D eigenvalue weighted by Crippen LogP contribution is 2.18. The van der Waals surface area contributed by atoms with Gasteiger partial charge in [0.25, 0.3) is 0 Å². The molecule has 0 aliphatic rings. The van der Waals surface area contributed by atoms with E-state index in [2.05, 4.69) is 34.7 Å². The molecule has 0 amide bonds. The van der Waals surface area contributed by atoms with Crippen molar-refractivity contribution in [3.8, 4) is 5.75 Å². The molecule has 0 unspecified atom stereocenters. The van der Waals surface area contributed by atoms with E-state index < -0.39 is 0 Å². The molecular formula is C14H21BrFNO. The van der Waals surface area contributed by atoms with Crippen LogP contribution in [0.3, 0.4) is 0 Å². The summed E-state index contributed by atoms with van der Waals surface area (Å²) in [5.74, 6) is 0.367. The van der Waals surface area contributed by atoms with Crippen molar-refractivity contribution >= 4 is 15.9 Å². The van der Waals surface area contributed by atoms with Gasteiger partial charge in [0.1, 0.15) is 11.6 Å². The Kier molecular flexibility index (Phi) is 6.65. The largest absolute Gasteiger partial charge is 0.497 e. The third kappa shape index (κ3) is 4.58. The molecule has 4 heteroatoms. The molecule has 0 saturated heterocycles. The predicted molar refractivity (Wildman–Crippen MR) is 76.9 cm³/mol. The Labute approximate surface area is 117 Å². The molecule has 0 atom stereocenters. The van der Waals surface area contributed by atoms with Crippen LogP contribution in [0.15, 0.2) is 18.2 Å². The van der Waals surface area contributed by atoms with E-state index in [1.54, 1.807) is 19.2 Å². The lowest BCUT2D eigenvalue weighted by Gasteiger charge is -2.26. The van der Waals surface area contributed by atoms with Crippen LogP contribution in [0.1, 0.15) is 25.8 Å². The molecule has 0 N–H and O–H groups in total. The Morgan fingerprint density at radius 3 is 2.61 bits per heavy atom. The summed E-state index contributed by atoms with van der Waals surface area (Å²) in [5.41, 5.74) is 0.721. The standard InChI is InChI=1S/C14H21BrFNO/c1-11(2)17(8-4-7-15)10-12-5-6-13(18-3)9-14(12)16/h5-6,9,11H,4,7-8,10H2,1-3H3. The molecule has 0 fully saturated rings. The molecule has 0 spiro atoms. The molecule has 0 aliphatic carbocycles. The number of methoxy groups -OCH3 is 1. The van der Waals surface area contributed by atoms with E-state index in [1.165, 1.54) is 6.07 Å². The van der Waals surface area contributed by atoms with Gasteiger partial charge in [-0.2, -0.15) is 0 Å². The summed E-state index contributed by atoms with van der Waals surface area (Å²) in [6.07, 6.45) is 1.07. The Morgan fingerprint density at radius 1 is 1.39 bits per heavy atom. The van der Waals surface area contributed by atoms with Crippen LogP contribution in [0.4, 0.5) is 4.39 Å².